The maximum absolute atomic E-state index is 7.31. The molecule has 2 aromatic heterocycles. The van der Waals surface area contributed by atoms with Gasteiger partial charge in [-0.1, -0.05) is 147 Å². The van der Waals surface area contributed by atoms with Crippen molar-refractivity contribution in [3.05, 3.63) is 173 Å². The van der Waals surface area contributed by atoms with Gasteiger partial charge in [0, 0.05) is 43.1 Å². The zero-order valence-corrected chi connectivity index (χ0v) is 41.4. The van der Waals surface area contributed by atoms with Crippen LogP contribution in [-0.4, -0.2) is 6.71 Å². The van der Waals surface area contributed by atoms with Crippen LogP contribution in [0.15, 0.2) is 144 Å². The molecule has 66 heavy (non-hydrogen) atoms. The molecule has 0 spiro atoms. The summed E-state index contributed by atoms with van der Waals surface area (Å²) in [6.07, 6.45) is 0. The Bertz CT molecular complexity index is 3370. The summed E-state index contributed by atoms with van der Waals surface area (Å²) in [6.45, 7) is 27.5. The summed E-state index contributed by atoms with van der Waals surface area (Å²) in [4.78, 5) is 6.36. The minimum absolute atomic E-state index is 0.00925. The van der Waals surface area contributed by atoms with Crippen molar-refractivity contribution in [3.8, 4) is 21.6 Å². The molecule has 0 saturated carbocycles. The number of nitrogens with zero attached hydrogens (tertiary/aromatic N) is 2. The molecule has 0 N–H and O–H groups in total. The molecule has 0 amide bonds. The number of benzene rings is 7. The SMILES string of the molecule is Cc1cc2c3c(c1)N(c1c(C)cc(C(C)(C)C)cc1C)c1oc4ccc(C(C)(C)C)cc4c1B3c1ccc(-c3cc4ccccc4s3)cc1N2c1ccc(C(C)(C)C)cc1-c1ccccc1. The number of anilines is 6. The minimum atomic E-state index is -0.0930. The number of hydrogen-bond donors (Lipinski definition) is 0. The van der Waals surface area contributed by atoms with Gasteiger partial charge in [0.1, 0.15) is 5.58 Å². The van der Waals surface area contributed by atoms with Gasteiger partial charge in [0.05, 0.1) is 11.4 Å². The van der Waals surface area contributed by atoms with Crippen molar-refractivity contribution >= 4 is 89.8 Å². The summed E-state index contributed by atoms with van der Waals surface area (Å²) < 4.78 is 8.62. The van der Waals surface area contributed by atoms with Crippen molar-refractivity contribution in [1.29, 1.82) is 0 Å². The zero-order chi connectivity index (χ0) is 46.2. The molecule has 0 radical (unpaired) electrons. The lowest BCUT2D eigenvalue weighted by Gasteiger charge is -2.44. The third-order valence-corrected chi connectivity index (χ3v) is 15.3. The smallest absolute Gasteiger partial charge is 0.257 e. The van der Waals surface area contributed by atoms with Gasteiger partial charge in [-0.15, -0.1) is 11.3 Å². The highest BCUT2D eigenvalue weighted by Crippen LogP contribution is 2.51. The Labute approximate surface area is 395 Å². The average Bonchev–Trinajstić information content (AvgIpc) is 3.88. The summed E-state index contributed by atoms with van der Waals surface area (Å²) in [7, 11) is 0. The lowest BCUT2D eigenvalue weighted by atomic mass is 9.33. The lowest BCUT2D eigenvalue weighted by Crippen LogP contribution is -2.61. The molecule has 0 atom stereocenters. The predicted molar refractivity (Wildman–Crippen MR) is 287 cm³/mol. The molecule has 0 saturated heterocycles. The van der Waals surface area contributed by atoms with Gasteiger partial charge in [-0.05, 0) is 152 Å². The Balaban J connectivity index is 1.27. The van der Waals surface area contributed by atoms with E-state index in [4.69, 9.17) is 4.42 Å². The third-order valence-electron chi connectivity index (χ3n) is 14.2. The first-order valence-corrected chi connectivity index (χ1v) is 24.4. The van der Waals surface area contributed by atoms with Crippen LogP contribution >= 0.6 is 11.3 Å². The maximum Gasteiger partial charge on any atom is 0.257 e. The number of rotatable bonds is 4. The number of thiophene rings is 1. The number of aryl methyl sites for hydroxylation is 3. The van der Waals surface area contributed by atoms with Crippen LogP contribution in [0.5, 0.6) is 0 Å². The zero-order valence-electron chi connectivity index (χ0n) is 40.6. The molecule has 2 aliphatic rings. The van der Waals surface area contributed by atoms with E-state index in [1.165, 1.54) is 115 Å². The first-order valence-electron chi connectivity index (χ1n) is 23.6. The van der Waals surface area contributed by atoms with Crippen molar-refractivity contribution in [2.45, 2.75) is 99.3 Å². The Hall–Kier alpha value is -6.30. The lowest BCUT2D eigenvalue weighted by molar-refractivity contribution is 0.588. The summed E-state index contributed by atoms with van der Waals surface area (Å²) in [6, 6.07) is 53.2. The summed E-state index contributed by atoms with van der Waals surface area (Å²) in [5.74, 6) is 0.910. The molecule has 0 unspecified atom stereocenters. The fourth-order valence-electron chi connectivity index (χ4n) is 10.7. The molecule has 0 bridgehead atoms. The van der Waals surface area contributed by atoms with Gasteiger partial charge in [0.2, 0.25) is 5.88 Å². The molecule has 2 aliphatic heterocycles. The minimum Gasteiger partial charge on any atom is -0.440 e. The molecule has 0 fully saturated rings. The Kier molecular flexibility index (Phi) is 9.53. The molecule has 4 heterocycles. The largest absolute Gasteiger partial charge is 0.440 e. The van der Waals surface area contributed by atoms with E-state index < -0.39 is 0 Å². The van der Waals surface area contributed by atoms with E-state index in [2.05, 4.69) is 232 Å². The van der Waals surface area contributed by atoms with Crippen LogP contribution in [0.4, 0.5) is 34.3 Å². The predicted octanol–water partition coefficient (Wildman–Crippen LogP) is 15.9. The van der Waals surface area contributed by atoms with E-state index in [1.54, 1.807) is 0 Å². The van der Waals surface area contributed by atoms with Crippen LogP contribution in [0.3, 0.4) is 0 Å². The highest BCUT2D eigenvalue weighted by molar-refractivity contribution is 7.22. The molecule has 328 valence electrons. The molecule has 7 aromatic carbocycles. The summed E-state index contributed by atoms with van der Waals surface area (Å²) in [5, 5.41) is 2.46. The molecule has 3 nitrogen and oxygen atoms in total. The van der Waals surface area contributed by atoms with Crippen molar-refractivity contribution in [1.82, 2.24) is 0 Å². The maximum atomic E-state index is 7.31. The van der Waals surface area contributed by atoms with Gasteiger partial charge < -0.3 is 9.32 Å². The van der Waals surface area contributed by atoms with E-state index in [-0.39, 0.29) is 23.0 Å². The number of furan rings is 1. The molecule has 5 heteroatoms. The van der Waals surface area contributed by atoms with Gasteiger partial charge in [0.25, 0.3) is 6.71 Å². The normalized spacial score (nSPS) is 13.7. The quantitative estimate of drug-likeness (QED) is 0.164. The van der Waals surface area contributed by atoms with Gasteiger partial charge in [-0.2, -0.15) is 0 Å². The molecule has 11 rings (SSSR count). The molecule has 9 aromatic rings. The molecule has 0 aliphatic carbocycles. The fraction of sp³-hybridized carbons (Fsp3) is 0.246. The second-order valence-corrected chi connectivity index (χ2v) is 23.2. The second kappa shape index (κ2) is 14.9. The van der Waals surface area contributed by atoms with E-state index in [0.29, 0.717) is 0 Å². The Morgan fingerprint density at radius 2 is 1.14 bits per heavy atom. The standard InChI is InChI=1S/C61H59BN2OS/c1-36-28-50-56-51(29-36)64(57-37(2)30-44(31-38(57)3)61(10,11)12)58-55(46-35-43(60(7,8)9)24-27-52(46)65-58)62(56)47-25-22-41(54-33-40-20-16-17-21-53(40)66-54)32-49(47)63(50)48-26-23-42(59(4,5)6)34-45(48)39-18-14-13-15-19-39/h13-35H,1-12H3. The van der Waals surface area contributed by atoms with Crippen LogP contribution in [-0.2, 0) is 16.2 Å². The first kappa shape index (κ1) is 42.3. The first-order chi connectivity index (χ1) is 31.3. The van der Waals surface area contributed by atoms with Crippen LogP contribution in [0.25, 0.3) is 42.6 Å². The molecular weight excluding hydrogens is 820 g/mol. The van der Waals surface area contributed by atoms with Crippen molar-refractivity contribution < 1.29 is 4.42 Å². The summed E-state index contributed by atoms with van der Waals surface area (Å²) in [5.41, 5.74) is 21.8. The van der Waals surface area contributed by atoms with Crippen molar-refractivity contribution in [3.63, 3.8) is 0 Å². The van der Waals surface area contributed by atoms with Crippen LogP contribution in [0.2, 0.25) is 0 Å². The van der Waals surface area contributed by atoms with Crippen LogP contribution in [0.1, 0.15) is 95.7 Å². The van der Waals surface area contributed by atoms with Crippen LogP contribution < -0.4 is 26.2 Å². The van der Waals surface area contributed by atoms with Crippen LogP contribution in [0, 0.1) is 20.8 Å². The van der Waals surface area contributed by atoms with E-state index in [9.17, 15) is 0 Å². The van der Waals surface area contributed by atoms with Gasteiger partial charge in [0.15, 0.2) is 0 Å². The topological polar surface area (TPSA) is 19.6 Å². The Morgan fingerprint density at radius 1 is 0.500 bits per heavy atom. The highest BCUT2D eigenvalue weighted by atomic mass is 32.1. The van der Waals surface area contributed by atoms with Crippen molar-refractivity contribution in [2.24, 2.45) is 0 Å². The second-order valence-electron chi connectivity index (χ2n) is 22.1. The van der Waals surface area contributed by atoms with Gasteiger partial charge in [-0.25, -0.2) is 0 Å². The van der Waals surface area contributed by atoms with E-state index >= 15 is 0 Å². The average molecular weight is 879 g/mol. The number of fused-ring (bicyclic) bond motifs is 7. The fourth-order valence-corrected chi connectivity index (χ4v) is 11.7. The Morgan fingerprint density at radius 3 is 1.82 bits per heavy atom. The van der Waals surface area contributed by atoms with Gasteiger partial charge in [-0.3, -0.25) is 4.90 Å². The van der Waals surface area contributed by atoms with Crippen molar-refractivity contribution in [2.75, 3.05) is 9.80 Å². The highest BCUT2D eigenvalue weighted by Gasteiger charge is 2.47. The number of hydrogen-bond acceptors (Lipinski definition) is 4. The van der Waals surface area contributed by atoms with E-state index in [1.807, 2.05) is 11.3 Å². The molecular formula is C61H59BN2OS. The third kappa shape index (κ3) is 6.76. The monoisotopic (exact) mass is 878 g/mol. The van der Waals surface area contributed by atoms with E-state index in [0.717, 1.165) is 11.5 Å². The van der Waals surface area contributed by atoms with Gasteiger partial charge >= 0.3 is 0 Å². The summed E-state index contributed by atoms with van der Waals surface area (Å²) >= 11 is 1.87.